The average Bonchev–Trinajstić information content (AvgIpc) is 2.23. The molecule has 1 saturated heterocycles. The van der Waals surface area contributed by atoms with Gasteiger partial charge in [-0.1, -0.05) is 19.1 Å². The zero-order valence-electron chi connectivity index (χ0n) is 12.2. The predicted octanol–water partition coefficient (Wildman–Crippen LogP) is 2.80. The number of hydrogen-bond donors (Lipinski definition) is 1. The summed E-state index contributed by atoms with van der Waals surface area (Å²) in [6.45, 7) is 13.6. The van der Waals surface area contributed by atoms with E-state index in [4.69, 9.17) is 0 Å². The largest absolute Gasteiger partial charge is 0.314 e. The van der Waals surface area contributed by atoms with Crippen LogP contribution < -0.4 is 5.32 Å². The minimum absolute atomic E-state index is 0.742. The van der Waals surface area contributed by atoms with E-state index < -0.39 is 0 Å². The van der Waals surface area contributed by atoms with Crippen molar-refractivity contribution in [3.05, 3.63) is 34.4 Å². The van der Waals surface area contributed by atoms with Crippen LogP contribution in [-0.2, 0) is 6.54 Å². The Kier molecular flexibility index (Phi) is 4.41. The fourth-order valence-electron chi connectivity index (χ4n) is 2.62. The lowest BCUT2D eigenvalue weighted by Crippen LogP contribution is -2.57. The maximum Gasteiger partial charge on any atom is 0.0348 e. The van der Waals surface area contributed by atoms with E-state index in [9.17, 15) is 0 Å². The average molecular weight is 246 g/mol. The highest BCUT2D eigenvalue weighted by molar-refractivity contribution is 5.36. The van der Waals surface area contributed by atoms with Gasteiger partial charge < -0.3 is 5.32 Å². The van der Waals surface area contributed by atoms with Crippen LogP contribution in [0.15, 0.2) is 12.1 Å². The number of nitrogens with zero attached hydrogens (tertiary/aromatic N) is 1. The highest BCUT2D eigenvalue weighted by Gasteiger charge is 2.24. The summed E-state index contributed by atoms with van der Waals surface area (Å²) in [4.78, 5) is 2.63. The van der Waals surface area contributed by atoms with Crippen molar-refractivity contribution in [2.24, 2.45) is 0 Å². The van der Waals surface area contributed by atoms with Crippen molar-refractivity contribution in [3.63, 3.8) is 0 Å². The number of nitrogens with one attached hydrogen (secondary N) is 1. The SMILES string of the molecule is CCCN(Cc1cc(C)c(C)cc1C)C1CNC1. The van der Waals surface area contributed by atoms with Crippen LogP contribution in [0, 0.1) is 20.8 Å². The molecule has 0 spiro atoms. The molecule has 18 heavy (non-hydrogen) atoms. The topological polar surface area (TPSA) is 15.3 Å². The number of rotatable bonds is 5. The molecule has 2 rings (SSSR count). The molecule has 0 unspecified atom stereocenters. The third-order valence-electron chi connectivity index (χ3n) is 4.11. The summed E-state index contributed by atoms with van der Waals surface area (Å²) in [6, 6.07) is 5.44. The zero-order valence-corrected chi connectivity index (χ0v) is 12.2. The van der Waals surface area contributed by atoms with Gasteiger partial charge in [0.05, 0.1) is 0 Å². The van der Waals surface area contributed by atoms with E-state index in [1.54, 1.807) is 0 Å². The van der Waals surface area contributed by atoms with E-state index in [0.29, 0.717) is 0 Å². The summed E-state index contributed by atoms with van der Waals surface area (Å²) in [5, 5.41) is 3.38. The van der Waals surface area contributed by atoms with Gasteiger partial charge in [0.1, 0.15) is 0 Å². The molecule has 2 nitrogen and oxygen atoms in total. The monoisotopic (exact) mass is 246 g/mol. The second-order valence-corrected chi connectivity index (χ2v) is 5.65. The van der Waals surface area contributed by atoms with Crippen molar-refractivity contribution in [2.45, 2.75) is 46.7 Å². The van der Waals surface area contributed by atoms with Crippen LogP contribution in [0.4, 0.5) is 0 Å². The molecular formula is C16H26N2. The molecule has 0 amide bonds. The summed E-state index contributed by atoms with van der Waals surface area (Å²) in [6.07, 6.45) is 1.24. The van der Waals surface area contributed by atoms with E-state index in [0.717, 1.165) is 25.7 Å². The van der Waals surface area contributed by atoms with Crippen molar-refractivity contribution in [2.75, 3.05) is 19.6 Å². The molecule has 0 aliphatic carbocycles. The molecule has 1 aliphatic heterocycles. The van der Waals surface area contributed by atoms with Gasteiger partial charge in [-0.05, 0) is 56.0 Å². The van der Waals surface area contributed by atoms with E-state index in [1.807, 2.05) is 0 Å². The first-order valence-corrected chi connectivity index (χ1v) is 7.13. The quantitative estimate of drug-likeness (QED) is 0.859. The Morgan fingerprint density at radius 1 is 1.11 bits per heavy atom. The molecule has 0 aromatic heterocycles. The fraction of sp³-hybridized carbons (Fsp3) is 0.625. The minimum Gasteiger partial charge on any atom is -0.314 e. The summed E-state index contributed by atoms with van der Waals surface area (Å²) in [7, 11) is 0. The highest BCUT2D eigenvalue weighted by atomic mass is 15.2. The molecule has 1 aliphatic rings. The summed E-state index contributed by atoms with van der Waals surface area (Å²) >= 11 is 0. The molecule has 0 bridgehead atoms. The molecule has 100 valence electrons. The molecule has 0 saturated carbocycles. The molecule has 1 heterocycles. The second-order valence-electron chi connectivity index (χ2n) is 5.65. The van der Waals surface area contributed by atoms with E-state index in [2.05, 4.69) is 50.0 Å². The maximum atomic E-state index is 3.38. The molecule has 1 aromatic rings. The van der Waals surface area contributed by atoms with Crippen molar-refractivity contribution in [1.29, 1.82) is 0 Å². The van der Waals surface area contributed by atoms with Gasteiger partial charge in [-0.3, -0.25) is 4.90 Å². The van der Waals surface area contributed by atoms with Crippen LogP contribution in [0.25, 0.3) is 0 Å². The van der Waals surface area contributed by atoms with Crippen molar-refractivity contribution < 1.29 is 0 Å². The Hall–Kier alpha value is -0.860. The Balaban J connectivity index is 2.12. The van der Waals surface area contributed by atoms with Gasteiger partial charge >= 0.3 is 0 Å². The van der Waals surface area contributed by atoms with Crippen molar-refractivity contribution in [1.82, 2.24) is 10.2 Å². The first kappa shape index (κ1) is 13.6. The number of benzene rings is 1. The fourth-order valence-corrected chi connectivity index (χ4v) is 2.62. The summed E-state index contributed by atoms with van der Waals surface area (Å²) in [5.41, 5.74) is 5.76. The first-order valence-electron chi connectivity index (χ1n) is 7.13. The molecule has 2 heteroatoms. The van der Waals surface area contributed by atoms with Crippen LogP contribution in [0.2, 0.25) is 0 Å². The third-order valence-corrected chi connectivity index (χ3v) is 4.11. The van der Waals surface area contributed by atoms with Gasteiger partial charge in [0.25, 0.3) is 0 Å². The third kappa shape index (κ3) is 2.93. The lowest BCUT2D eigenvalue weighted by molar-refractivity contribution is 0.137. The second kappa shape index (κ2) is 5.85. The molecule has 1 fully saturated rings. The lowest BCUT2D eigenvalue weighted by Gasteiger charge is -2.38. The first-order chi connectivity index (χ1) is 8.61. The van der Waals surface area contributed by atoms with Gasteiger partial charge in [-0.15, -0.1) is 0 Å². The van der Waals surface area contributed by atoms with Gasteiger partial charge in [0, 0.05) is 25.7 Å². The number of hydrogen-bond acceptors (Lipinski definition) is 2. The Morgan fingerprint density at radius 3 is 2.33 bits per heavy atom. The Bertz CT molecular complexity index is 408. The van der Waals surface area contributed by atoms with E-state index >= 15 is 0 Å². The van der Waals surface area contributed by atoms with E-state index in [1.165, 1.54) is 35.2 Å². The molecular weight excluding hydrogens is 220 g/mol. The van der Waals surface area contributed by atoms with E-state index in [-0.39, 0.29) is 0 Å². The van der Waals surface area contributed by atoms with Gasteiger partial charge in [-0.25, -0.2) is 0 Å². The van der Waals surface area contributed by atoms with Crippen LogP contribution >= 0.6 is 0 Å². The smallest absolute Gasteiger partial charge is 0.0348 e. The standard InChI is InChI=1S/C16H26N2/c1-5-6-18(16-9-17-10-16)11-15-8-13(3)12(2)7-14(15)4/h7-8,16-17H,5-6,9-11H2,1-4H3. The Labute approximate surface area is 111 Å². The highest BCUT2D eigenvalue weighted by Crippen LogP contribution is 2.19. The Morgan fingerprint density at radius 2 is 1.78 bits per heavy atom. The zero-order chi connectivity index (χ0) is 13.1. The van der Waals surface area contributed by atoms with Crippen LogP contribution in [0.1, 0.15) is 35.6 Å². The predicted molar refractivity (Wildman–Crippen MR) is 78.0 cm³/mol. The molecule has 0 atom stereocenters. The molecule has 1 aromatic carbocycles. The number of aryl methyl sites for hydroxylation is 3. The molecule has 1 N–H and O–H groups in total. The van der Waals surface area contributed by atoms with Crippen molar-refractivity contribution >= 4 is 0 Å². The maximum absolute atomic E-state index is 3.38. The van der Waals surface area contributed by atoms with Crippen LogP contribution in [0.3, 0.4) is 0 Å². The summed E-state index contributed by atoms with van der Waals surface area (Å²) < 4.78 is 0. The molecule has 0 radical (unpaired) electrons. The lowest BCUT2D eigenvalue weighted by atomic mass is 9.99. The normalized spacial score (nSPS) is 16.1. The van der Waals surface area contributed by atoms with Gasteiger partial charge in [-0.2, -0.15) is 0 Å². The van der Waals surface area contributed by atoms with Gasteiger partial charge in [0.15, 0.2) is 0 Å². The van der Waals surface area contributed by atoms with Gasteiger partial charge in [0.2, 0.25) is 0 Å². The minimum atomic E-state index is 0.742. The van der Waals surface area contributed by atoms with Crippen LogP contribution in [-0.4, -0.2) is 30.6 Å². The summed E-state index contributed by atoms with van der Waals surface area (Å²) in [5.74, 6) is 0. The van der Waals surface area contributed by atoms with Crippen molar-refractivity contribution in [3.8, 4) is 0 Å². The van der Waals surface area contributed by atoms with Crippen LogP contribution in [0.5, 0.6) is 0 Å².